The average Bonchev–Trinajstić information content (AvgIpc) is 2.61. The van der Waals surface area contributed by atoms with E-state index in [0.717, 1.165) is 16.0 Å². The first-order chi connectivity index (χ1) is 7.70. The van der Waals surface area contributed by atoms with E-state index >= 15 is 0 Å². The fourth-order valence-corrected chi connectivity index (χ4v) is 1.94. The van der Waals surface area contributed by atoms with Crippen LogP contribution < -0.4 is 0 Å². The summed E-state index contributed by atoms with van der Waals surface area (Å²) in [5, 5.41) is 18.2. The number of aromatic nitrogens is 4. The van der Waals surface area contributed by atoms with Crippen LogP contribution >= 0.6 is 11.8 Å². The number of rotatable bonds is 2. The van der Waals surface area contributed by atoms with Gasteiger partial charge in [-0.25, -0.2) is 4.98 Å². The van der Waals surface area contributed by atoms with Gasteiger partial charge in [-0.05, 0) is 30.8 Å². The Hall–Kier alpha value is -1.87. The topological polar surface area (TPSA) is 67.4 Å². The Kier molecular flexibility index (Phi) is 2.88. The molecule has 0 fully saturated rings. The van der Waals surface area contributed by atoms with Gasteiger partial charge in [0.2, 0.25) is 0 Å². The number of hydrogen-bond acceptors (Lipinski definition) is 5. The molecule has 2 aromatic heterocycles. The molecule has 0 aromatic carbocycles. The number of nitriles is 1. The van der Waals surface area contributed by atoms with E-state index in [4.69, 9.17) is 5.26 Å². The van der Waals surface area contributed by atoms with Crippen LogP contribution in [0.5, 0.6) is 0 Å². The van der Waals surface area contributed by atoms with Crippen molar-refractivity contribution in [1.82, 2.24) is 19.7 Å². The van der Waals surface area contributed by atoms with E-state index in [1.807, 2.05) is 18.5 Å². The van der Waals surface area contributed by atoms with Crippen LogP contribution in [0.25, 0.3) is 0 Å². The normalized spacial score (nSPS) is 10.1. The molecule has 0 aliphatic carbocycles. The lowest BCUT2D eigenvalue weighted by molar-refractivity contribution is 0.764. The van der Waals surface area contributed by atoms with Crippen LogP contribution in [0.15, 0.2) is 28.5 Å². The predicted molar refractivity (Wildman–Crippen MR) is 58.8 cm³/mol. The maximum Gasteiger partial charge on any atom is 0.197 e. The second-order valence-electron chi connectivity index (χ2n) is 3.19. The van der Waals surface area contributed by atoms with Gasteiger partial charge in [-0.3, -0.25) is 0 Å². The van der Waals surface area contributed by atoms with Crippen molar-refractivity contribution in [3.8, 4) is 6.07 Å². The van der Waals surface area contributed by atoms with Crippen LogP contribution in [0.2, 0.25) is 0 Å². The van der Waals surface area contributed by atoms with Crippen molar-refractivity contribution in [1.29, 1.82) is 5.26 Å². The molecule has 2 heterocycles. The maximum atomic E-state index is 8.77. The Morgan fingerprint density at radius 1 is 1.44 bits per heavy atom. The molecular weight excluding hydrogens is 222 g/mol. The molecule has 0 bridgehead atoms. The lowest BCUT2D eigenvalue weighted by Gasteiger charge is -2.00. The zero-order valence-electron chi connectivity index (χ0n) is 8.88. The van der Waals surface area contributed by atoms with Crippen molar-refractivity contribution in [3.63, 3.8) is 0 Å². The van der Waals surface area contributed by atoms with E-state index in [9.17, 15) is 0 Å². The first kappa shape index (κ1) is 10.6. The largest absolute Gasteiger partial charge is 0.309 e. The van der Waals surface area contributed by atoms with E-state index in [2.05, 4.69) is 21.3 Å². The summed E-state index contributed by atoms with van der Waals surface area (Å²) in [5.41, 5.74) is 0.594. The first-order valence-electron chi connectivity index (χ1n) is 4.60. The van der Waals surface area contributed by atoms with Gasteiger partial charge in [-0.1, -0.05) is 0 Å². The Labute approximate surface area is 97.1 Å². The van der Waals surface area contributed by atoms with Gasteiger partial charge in [0, 0.05) is 13.2 Å². The Morgan fingerprint density at radius 3 is 2.88 bits per heavy atom. The van der Waals surface area contributed by atoms with Gasteiger partial charge in [0.1, 0.15) is 10.9 Å². The smallest absolute Gasteiger partial charge is 0.197 e. The van der Waals surface area contributed by atoms with Crippen molar-refractivity contribution in [2.45, 2.75) is 17.1 Å². The van der Waals surface area contributed by atoms with Gasteiger partial charge in [-0.15, -0.1) is 10.2 Å². The molecule has 0 aliphatic heterocycles. The number of aryl methyl sites for hydroxylation is 1. The van der Waals surface area contributed by atoms with Crippen molar-refractivity contribution >= 4 is 11.8 Å². The molecule has 0 saturated heterocycles. The van der Waals surface area contributed by atoms with Crippen LogP contribution in [-0.2, 0) is 7.05 Å². The fraction of sp³-hybridized carbons (Fsp3) is 0.200. The van der Waals surface area contributed by atoms with E-state index in [1.165, 1.54) is 11.8 Å². The van der Waals surface area contributed by atoms with E-state index in [1.54, 1.807) is 18.3 Å². The molecule has 80 valence electrons. The van der Waals surface area contributed by atoms with Gasteiger partial charge < -0.3 is 4.57 Å². The standard InChI is InChI=1S/C10H9N5S/c1-7-13-14-10(15(7)2)16-9-5-8(6-11)3-4-12-9/h3-5H,1-2H3. The minimum atomic E-state index is 0.594. The SMILES string of the molecule is Cc1nnc(Sc2cc(C#N)ccn2)n1C. The molecule has 2 aromatic rings. The second kappa shape index (κ2) is 4.33. The van der Waals surface area contributed by atoms with Crippen LogP contribution in [-0.4, -0.2) is 19.7 Å². The number of hydrogen-bond donors (Lipinski definition) is 0. The van der Waals surface area contributed by atoms with E-state index < -0.39 is 0 Å². The van der Waals surface area contributed by atoms with Crippen molar-refractivity contribution in [3.05, 3.63) is 29.7 Å². The first-order valence-corrected chi connectivity index (χ1v) is 5.42. The van der Waals surface area contributed by atoms with Crippen molar-refractivity contribution < 1.29 is 0 Å². The van der Waals surface area contributed by atoms with Gasteiger partial charge in [0.25, 0.3) is 0 Å². The zero-order valence-corrected chi connectivity index (χ0v) is 9.69. The maximum absolute atomic E-state index is 8.77. The molecule has 0 saturated carbocycles. The highest BCUT2D eigenvalue weighted by atomic mass is 32.2. The molecule has 6 heteroatoms. The molecule has 0 radical (unpaired) electrons. The van der Waals surface area contributed by atoms with Gasteiger partial charge in [-0.2, -0.15) is 5.26 Å². The Bertz CT molecular complexity index is 555. The molecule has 0 unspecified atom stereocenters. The minimum Gasteiger partial charge on any atom is -0.309 e. The quantitative estimate of drug-likeness (QED) is 0.784. The summed E-state index contributed by atoms with van der Waals surface area (Å²) < 4.78 is 1.88. The minimum absolute atomic E-state index is 0.594. The highest BCUT2D eigenvalue weighted by Crippen LogP contribution is 2.24. The third-order valence-electron chi connectivity index (χ3n) is 2.11. The monoisotopic (exact) mass is 231 g/mol. The Morgan fingerprint density at radius 2 is 2.25 bits per heavy atom. The zero-order chi connectivity index (χ0) is 11.5. The molecule has 0 atom stereocenters. The van der Waals surface area contributed by atoms with Crippen LogP contribution in [0.3, 0.4) is 0 Å². The summed E-state index contributed by atoms with van der Waals surface area (Å²) in [4.78, 5) is 4.16. The lowest BCUT2D eigenvalue weighted by atomic mass is 10.3. The van der Waals surface area contributed by atoms with Crippen molar-refractivity contribution in [2.75, 3.05) is 0 Å². The van der Waals surface area contributed by atoms with E-state index in [0.29, 0.717) is 5.56 Å². The molecule has 2 rings (SSSR count). The summed E-state index contributed by atoms with van der Waals surface area (Å²) in [7, 11) is 1.89. The molecule has 5 nitrogen and oxygen atoms in total. The molecule has 0 N–H and O–H groups in total. The van der Waals surface area contributed by atoms with Gasteiger partial charge >= 0.3 is 0 Å². The second-order valence-corrected chi connectivity index (χ2v) is 4.17. The summed E-state index contributed by atoms with van der Waals surface area (Å²) in [6.45, 7) is 1.89. The third-order valence-corrected chi connectivity index (χ3v) is 3.08. The molecule has 16 heavy (non-hydrogen) atoms. The Balaban J connectivity index is 2.27. The lowest BCUT2D eigenvalue weighted by Crippen LogP contribution is -1.93. The number of pyridine rings is 1. The predicted octanol–water partition coefficient (Wildman–Crippen LogP) is 1.54. The highest BCUT2D eigenvalue weighted by molar-refractivity contribution is 7.99. The van der Waals surface area contributed by atoms with Crippen LogP contribution in [0, 0.1) is 18.3 Å². The van der Waals surface area contributed by atoms with Gasteiger partial charge in [0.15, 0.2) is 5.16 Å². The third kappa shape index (κ3) is 2.04. The van der Waals surface area contributed by atoms with Crippen molar-refractivity contribution in [2.24, 2.45) is 7.05 Å². The summed E-state index contributed by atoms with van der Waals surface area (Å²) in [6, 6.07) is 5.48. The number of nitrogens with zero attached hydrogens (tertiary/aromatic N) is 5. The van der Waals surface area contributed by atoms with Crippen LogP contribution in [0.1, 0.15) is 11.4 Å². The highest BCUT2D eigenvalue weighted by Gasteiger charge is 2.07. The van der Waals surface area contributed by atoms with Crippen LogP contribution in [0.4, 0.5) is 0 Å². The summed E-state index contributed by atoms with van der Waals surface area (Å²) in [6.07, 6.45) is 1.62. The average molecular weight is 231 g/mol. The molecule has 0 amide bonds. The fourth-order valence-electron chi connectivity index (χ4n) is 1.10. The molecule has 0 aliphatic rings. The summed E-state index contributed by atoms with van der Waals surface area (Å²) in [5.74, 6) is 0.846. The molecule has 0 spiro atoms. The van der Waals surface area contributed by atoms with Gasteiger partial charge in [0.05, 0.1) is 11.6 Å². The molecular formula is C10H9N5S. The van der Waals surface area contributed by atoms with E-state index in [-0.39, 0.29) is 0 Å². The summed E-state index contributed by atoms with van der Waals surface area (Å²) >= 11 is 1.39.